The number of para-hydroxylation sites is 1. The van der Waals surface area contributed by atoms with E-state index in [4.69, 9.17) is 32.7 Å². The molecule has 0 N–H and O–H groups in total. The highest BCUT2D eigenvalue weighted by Gasteiger charge is 2.24. The maximum absolute atomic E-state index is 12.9. The number of nitrogens with zero attached hydrogens (tertiary/aromatic N) is 3. The van der Waals surface area contributed by atoms with Crippen molar-refractivity contribution in [2.75, 3.05) is 44.3 Å². The number of amides is 1. The third-order valence-corrected chi connectivity index (χ3v) is 5.57. The number of nitriles is 1. The molecule has 0 bridgehead atoms. The molecule has 0 radical (unpaired) electrons. The van der Waals surface area contributed by atoms with Gasteiger partial charge in [0, 0.05) is 31.9 Å². The molecule has 0 atom stereocenters. The second kappa shape index (κ2) is 11.6. The average molecular weight is 488 g/mol. The Labute approximate surface area is 202 Å². The fourth-order valence-corrected chi connectivity index (χ4v) is 4.03. The first-order chi connectivity index (χ1) is 15.9. The van der Waals surface area contributed by atoms with Gasteiger partial charge in [-0.05, 0) is 42.8 Å². The minimum absolute atomic E-state index is 0.0181. The van der Waals surface area contributed by atoms with Crippen LogP contribution in [0.3, 0.4) is 0 Å². The standard InChI is InChI=1S/C24H23Cl2N3O4/c1-2-32-22(30)16-33-23-20(25)13-17(14-21(23)26)12-18(15-27)24(31)29-10-8-28(9-11-29)19-6-4-3-5-7-19/h3-7,12-14H,2,8-11,16H2,1H3/b18-12-. The van der Waals surface area contributed by atoms with E-state index in [0.717, 1.165) is 5.69 Å². The van der Waals surface area contributed by atoms with Crippen LogP contribution < -0.4 is 9.64 Å². The smallest absolute Gasteiger partial charge is 0.344 e. The number of halogens is 2. The Morgan fingerprint density at radius 3 is 2.30 bits per heavy atom. The van der Waals surface area contributed by atoms with Gasteiger partial charge in [-0.2, -0.15) is 5.26 Å². The number of hydrogen-bond acceptors (Lipinski definition) is 6. The zero-order valence-corrected chi connectivity index (χ0v) is 19.6. The summed E-state index contributed by atoms with van der Waals surface area (Å²) in [6.45, 7) is 3.97. The van der Waals surface area contributed by atoms with Gasteiger partial charge in [-0.15, -0.1) is 0 Å². The molecule has 0 saturated carbocycles. The molecule has 3 rings (SSSR count). The number of rotatable bonds is 7. The lowest BCUT2D eigenvalue weighted by atomic mass is 10.1. The van der Waals surface area contributed by atoms with Crippen molar-refractivity contribution in [1.29, 1.82) is 5.26 Å². The predicted octanol–water partition coefficient (Wildman–Crippen LogP) is 4.19. The van der Waals surface area contributed by atoms with Crippen LogP contribution in [0.1, 0.15) is 12.5 Å². The quantitative estimate of drug-likeness (QED) is 0.330. The SMILES string of the molecule is CCOC(=O)COc1c(Cl)cc(/C=C(/C#N)C(=O)N2CCN(c3ccccc3)CC2)cc1Cl. The molecule has 1 saturated heterocycles. The van der Waals surface area contributed by atoms with Crippen molar-refractivity contribution >= 4 is 46.8 Å². The Balaban J connectivity index is 1.68. The van der Waals surface area contributed by atoms with Gasteiger partial charge in [0.15, 0.2) is 12.4 Å². The van der Waals surface area contributed by atoms with Crippen LogP contribution in [0.2, 0.25) is 10.0 Å². The van der Waals surface area contributed by atoms with Gasteiger partial charge in [0.25, 0.3) is 5.91 Å². The first-order valence-electron chi connectivity index (χ1n) is 10.4. The maximum atomic E-state index is 12.9. The highest BCUT2D eigenvalue weighted by molar-refractivity contribution is 6.37. The van der Waals surface area contributed by atoms with E-state index in [0.29, 0.717) is 31.7 Å². The summed E-state index contributed by atoms with van der Waals surface area (Å²) in [5.74, 6) is -0.760. The number of ether oxygens (including phenoxy) is 2. The minimum atomic E-state index is -0.543. The lowest BCUT2D eigenvalue weighted by Gasteiger charge is -2.36. The van der Waals surface area contributed by atoms with Crippen LogP contribution in [0.4, 0.5) is 5.69 Å². The van der Waals surface area contributed by atoms with Gasteiger partial charge < -0.3 is 19.3 Å². The summed E-state index contributed by atoms with van der Waals surface area (Å²) in [7, 11) is 0. The van der Waals surface area contributed by atoms with E-state index >= 15 is 0 Å². The molecule has 33 heavy (non-hydrogen) atoms. The molecule has 2 aromatic carbocycles. The van der Waals surface area contributed by atoms with Gasteiger partial charge in [0.2, 0.25) is 0 Å². The van der Waals surface area contributed by atoms with Crippen molar-refractivity contribution < 1.29 is 19.1 Å². The number of hydrogen-bond donors (Lipinski definition) is 0. The molecule has 1 aliphatic rings. The maximum Gasteiger partial charge on any atom is 0.344 e. The summed E-state index contributed by atoms with van der Waals surface area (Å²) in [5.41, 5.74) is 1.56. The molecule has 0 unspecified atom stereocenters. The average Bonchev–Trinajstić information content (AvgIpc) is 2.82. The molecule has 1 aliphatic heterocycles. The molecule has 1 amide bonds. The van der Waals surface area contributed by atoms with E-state index in [1.54, 1.807) is 11.8 Å². The minimum Gasteiger partial charge on any atom is -0.479 e. The molecule has 0 aliphatic carbocycles. The van der Waals surface area contributed by atoms with E-state index in [-0.39, 0.29) is 40.5 Å². The van der Waals surface area contributed by atoms with Crippen LogP contribution in [-0.4, -0.2) is 56.2 Å². The molecule has 0 aromatic heterocycles. The van der Waals surface area contributed by atoms with E-state index in [1.165, 1.54) is 18.2 Å². The molecular formula is C24H23Cl2N3O4. The zero-order valence-electron chi connectivity index (χ0n) is 18.1. The van der Waals surface area contributed by atoms with Crippen LogP contribution >= 0.6 is 23.2 Å². The Hall–Kier alpha value is -3.21. The fraction of sp³-hybridized carbons (Fsp3) is 0.292. The van der Waals surface area contributed by atoms with Gasteiger partial charge in [0.05, 0.1) is 16.7 Å². The number of anilines is 1. The van der Waals surface area contributed by atoms with Crippen molar-refractivity contribution in [3.05, 3.63) is 63.6 Å². The summed E-state index contributed by atoms with van der Waals surface area (Å²) in [6, 6.07) is 15.0. The van der Waals surface area contributed by atoms with E-state index in [1.807, 2.05) is 36.4 Å². The Morgan fingerprint density at radius 2 is 1.73 bits per heavy atom. The molecule has 2 aromatic rings. The molecule has 0 spiro atoms. The lowest BCUT2D eigenvalue weighted by molar-refractivity contribution is -0.145. The second-order valence-corrected chi connectivity index (χ2v) is 8.01. The van der Waals surface area contributed by atoms with Gasteiger partial charge in [0.1, 0.15) is 11.6 Å². The Bertz CT molecular complexity index is 1050. The van der Waals surface area contributed by atoms with Gasteiger partial charge >= 0.3 is 5.97 Å². The molecule has 1 heterocycles. The van der Waals surface area contributed by atoms with Crippen LogP contribution in [0.25, 0.3) is 6.08 Å². The molecular weight excluding hydrogens is 465 g/mol. The molecule has 7 nitrogen and oxygen atoms in total. The summed E-state index contributed by atoms with van der Waals surface area (Å²) >= 11 is 12.5. The lowest BCUT2D eigenvalue weighted by Crippen LogP contribution is -2.49. The van der Waals surface area contributed by atoms with Crippen LogP contribution in [-0.2, 0) is 14.3 Å². The van der Waals surface area contributed by atoms with Gasteiger partial charge in [-0.25, -0.2) is 4.79 Å². The molecule has 1 fully saturated rings. The zero-order chi connectivity index (χ0) is 23.8. The fourth-order valence-electron chi connectivity index (χ4n) is 3.42. The van der Waals surface area contributed by atoms with Crippen molar-refractivity contribution in [3.63, 3.8) is 0 Å². The summed E-state index contributed by atoms with van der Waals surface area (Å²) in [5, 5.41) is 9.89. The van der Waals surface area contributed by atoms with E-state index < -0.39 is 5.97 Å². The van der Waals surface area contributed by atoms with E-state index in [2.05, 4.69) is 4.90 Å². The molecule has 172 valence electrons. The number of carbonyl (C=O) groups is 2. The normalized spacial score (nSPS) is 13.9. The van der Waals surface area contributed by atoms with Crippen LogP contribution in [0.5, 0.6) is 5.75 Å². The van der Waals surface area contributed by atoms with Crippen molar-refractivity contribution in [2.45, 2.75) is 6.92 Å². The van der Waals surface area contributed by atoms with Crippen molar-refractivity contribution in [3.8, 4) is 11.8 Å². The number of carbonyl (C=O) groups excluding carboxylic acids is 2. The highest BCUT2D eigenvalue weighted by Crippen LogP contribution is 2.35. The Kier molecular flexibility index (Phi) is 8.58. The van der Waals surface area contributed by atoms with Gasteiger partial charge in [-0.3, -0.25) is 4.79 Å². The monoisotopic (exact) mass is 487 g/mol. The summed E-state index contributed by atoms with van der Waals surface area (Å²) in [4.78, 5) is 28.3. The summed E-state index contributed by atoms with van der Waals surface area (Å²) in [6.07, 6.45) is 1.44. The predicted molar refractivity (Wildman–Crippen MR) is 127 cm³/mol. The third-order valence-electron chi connectivity index (χ3n) is 5.01. The summed E-state index contributed by atoms with van der Waals surface area (Å²) < 4.78 is 10.2. The molecule has 9 heteroatoms. The number of benzene rings is 2. The van der Waals surface area contributed by atoms with Crippen molar-refractivity contribution in [2.24, 2.45) is 0 Å². The first-order valence-corrected chi connectivity index (χ1v) is 11.2. The number of esters is 1. The Morgan fingerprint density at radius 1 is 1.09 bits per heavy atom. The van der Waals surface area contributed by atoms with Crippen molar-refractivity contribution in [1.82, 2.24) is 4.90 Å². The first kappa shape index (κ1) is 24.4. The third kappa shape index (κ3) is 6.41. The number of piperazine rings is 1. The van der Waals surface area contributed by atoms with Crippen LogP contribution in [0, 0.1) is 11.3 Å². The largest absolute Gasteiger partial charge is 0.479 e. The van der Waals surface area contributed by atoms with Crippen LogP contribution in [0.15, 0.2) is 48.0 Å². The topological polar surface area (TPSA) is 82.9 Å². The van der Waals surface area contributed by atoms with Gasteiger partial charge in [-0.1, -0.05) is 41.4 Å². The van der Waals surface area contributed by atoms with E-state index in [9.17, 15) is 14.9 Å². The second-order valence-electron chi connectivity index (χ2n) is 7.19. The highest BCUT2D eigenvalue weighted by atomic mass is 35.5.